The number of esters is 1. The van der Waals surface area contributed by atoms with Gasteiger partial charge in [0.2, 0.25) is 0 Å². The van der Waals surface area contributed by atoms with Crippen LogP contribution in [-0.2, 0) is 21.9 Å². The fourth-order valence-electron chi connectivity index (χ4n) is 2.33. The molecule has 0 radical (unpaired) electrons. The Bertz CT molecular complexity index is 428. The van der Waals surface area contributed by atoms with Crippen molar-refractivity contribution in [2.24, 2.45) is 0 Å². The Morgan fingerprint density at radius 1 is 0.923 bits per heavy atom. The predicted octanol–water partition coefficient (Wildman–Crippen LogP) is 4.94. The lowest BCUT2D eigenvalue weighted by Gasteiger charge is -2.43. The molecular formula is C16H37FO5Si4. The third kappa shape index (κ3) is 12.3. The van der Waals surface area contributed by atoms with Gasteiger partial charge in [-0.1, -0.05) is 6.58 Å². The molecule has 0 saturated carbocycles. The van der Waals surface area contributed by atoms with Crippen LogP contribution in [0.1, 0.15) is 6.42 Å². The predicted molar refractivity (Wildman–Crippen MR) is 115 cm³/mol. The summed E-state index contributed by atoms with van der Waals surface area (Å²) in [6, 6.07) is 0.435. The van der Waals surface area contributed by atoms with Gasteiger partial charge in [0.1, 0.15) is 12.8 Å². The van der Waals surface area contributed by atoms with Crippen LogP contribution in [0.2, 0.25) is 65.0 Å². The van der Waals surface area contributed by atoms with Crippen molar-refractivity contribution < 1.29 is 26.3 Å². The molecule has 0 amide bonds. The zero-order valence-corrected chi connectivity index (χ0v) is 21.9. The lowest BCUT2D eigenvalue weighted by molar-refractivity contribution is -0.144. The second kappa shape index (κ2) is 9.89. The Hall–Kier alpha value is -0.112. The van der Waals surface area contributed by atoms with Gasteiger partial charge >= 0.3 is 14.8 Å². The highest BCUT2D eigenvalue weighted by molar-refractivity contribution is 6.90. The van der Waals surface area contributed by atoms with Crippen molar-refractivity contribution >= 4 is 39.7 Å². The van der Waals surface area contributed by atoms with Crippen molar-refractivity contribution in [2.75, 3.05) is 6.67 Å². The van der Waals surface area contributed by atoms with Crippen molar-refractivity contribution in [3.05, 3.63) is 12.7 Å². The van der Waals surface area contributed by atoms with Gasteiger partial charge in [0.15, 0.2) is 25.0 Å². The number of ether oxygens (including phenoxy) is 1. The van der Waals surface area contributed by atoms with E-state index in [1.54, 1.807) is 0 Å². The average molecular weight is 441 g/mol. The molecule has 0 rings (SSSR count). The minimum absolute atomic E-state index is 0.307. The first-order valence-corrected chi connectivity index (χ1v) is 21.2. The van der Waals surface area contributed by atoms with E-state index < -0.39 is 52.5 Å². The molecule has 0 N–H and O–H groups in total. The van der Waals surface area contributed by atoms with E-state index in [-0.39, 0.29) is 0 Å². The Morgan fingerprint density at radius 2 is 1.31 bits per heavy atom. The summed E-state index contributed by atoms with van der Waals surface area (Å²) in [6.07, 6.45) is 0.512. The molecule has 0 aliphatic carbocycles. The molecule has 26 heavy (non-hydrogen) atoms. The van der Waals surface area contributed by atoms with Crippen LogP contribution in [0.25, 0.3) is 0 Å². The molecule has 154 valence electrons. The van der Waals surface area contributed by atoms with Crippen LogP contribution >= 0.6 is 0 Å². The zero-order valence-electron chi connectivity index (χ0n) is 17.9. The smallest absolute Gasteiger partial charge is 0.456 e. The summed E-state index contributed by atoms with van der Waals surface area (Å²) in [6.45, 7) is 21.5. The van der Waals surface area contributed by atoms with Crippen molar-refractivity contribution in [2.45, 2.75) is 77.5 Å². The van der Waals surface area contributed by atoms with Gasteiger partial charge < -0.3 is 17.1 Å². The van der Waals surface area contributed by atoms with E-state index in [0.29, 0.717) is 12.5 Å². The third-order valence-electron chi connectivity index (χ3n) is 2.78. The molecule has 0 aromatic carbocycles. The third-order valence-corrected chi connectivity index (χ3v) is 14.8. The highest BCUT2D eigenvalue weighted by Gasteiger charge is 2.50. The van der Waals surface area contributed by atoms with E-state index in [1.165, 1.54) is 0 Å². The van der Waals surface area contributed by atoms with Crippen LogP contribution in [0, 0.1) is 0 Å². The molecule has 0 fully saturated rings. The average Bonchev–Trinajstić information content (AvgIpc) is 2.37. The second-order valence-electron chi connectivity index (χ2n) is 9.28. The van der Waals surface area contributed by atoms with E-state index in [0.717, 1.165) is 6.08 Å². The second-order valence-corrected chi connectivity index (χ2v) is 26.3. The Labute approximate surface area is 163 Å². The number of hydrogen-bond donors (Lipinski definition) is 0. The summed E-state index contributed by atoms with van der Waals surface area (Å²) >= 11 is 0. The van der Waals surface area contributed by atoms with Gasteiger partial charge in [-0.25, -0.2) is 9.18 Å². The minimum Gasteiger partial charge on any atom is -0.456 e. The quantitative estimate of drug-likeness (QED) is 0.244. The van der Waals surface area contributed by atoms with Crippen LogP contribution in [0.15, 0.2) is 12.7 Å². The van der Waals surface area contributed by atoms with E-state index in [1.807, 2.05) is 0 Å². The molecule has 0 heterocycles. The van der Waals surface area contributed by atoms with Gasteiger partial charge in [0.25, 0.3) is 0 Å². The summed E-state index contributed by atoms with van der Waals surface area (Å²) in [5, 5.41) is 0. The molecule has 0 aromatic heterocycles. The Balaban J connectivity index is 5.61. The SMILES string of the molecule is C=CC(=O)OC(CF)CC[Si](O[Si](C)(C)C)(O[Si](C)(C)C)O[Si](C)(C)C. The number of alkyl halides is 1. The molecule has 1 unspecified atom stereocenters. The molecule has 0 spiro atoms. The number of carbonyl (C=O) groups is 1. The molecule has 0 aliphatic heterocycles. The number of carbonyl (C=O) groups excluding carboxylic acids is 1. The van der Waals surface area contributed by atoms with Crippen LogP contribution < -0.4 is 0 Å². The first-order valence-electron chi connectivity index (χ1n) is 9.00. The maximum atomic E-state index is 13.4. The summed E-state index contributed by atoms with van der Waals surface area (Å²) < 4.78 is 38.0. The van der Waals surface area contributed by atoms with E-state index in [2.05, 4.69) is 65.5 Å². The monoisotopic (exact) mass is 440 g/mol. The molecule has 0 aliphatic rings. The molecule has 10 heteroatoms. The van der Waals surface area contributed by atoms with Gasteiger partial charge in [-0.2, -0.15) is 0 Å². The molecular weight excluding hydrogens is 404 g/mol. The molecule has 0 bridgehead atoms. The lowest BCUT2D eigenvalue weighted by atomic mass is 10.3. The normalized spacial score (nSPS) is 14.8. The molecule has 5 nitrogen and oxygen atoms in total. The van der Waals surface area contributed by atoms with Crippen molar-refractivity contribution in [1.82, 2.24) is 0 Å². The highest BCUT2D eigenvalue weighted by atomic mass is 28.5. The maximum absolute atomic E-state index is 13.4. The molecule has 1 atom stereocenters. The summed E-state index contributed by atoms with van der Waals surface area (Å²) in [7, 11) is -8.96. The van der Waals surface area contributed by atoms with Crippen LogP contribution in [0.5, 0.6) is 0 Å². The molecule has 0 saturated heterocycles. The topological polar surface area (TPSA) is 54.0 Å². The fourth-order valence-corrected chi connectivity index (χ4v) is 17.1. The number of halogens is 1. The Kier molecular flexibility index (Phi) is 9.85. The van der Waals surface area contributed by atoms with E-state index in [4.69, 9.17) is 17.1 Å². The minimum atomic E-state index is -3.04. The van der Waals surface area contributed by atoms with E-state index >= 15 is 0 Å². The van der Waals surface area contributed by atoms with Gasteiger partial charge in [0.05, 0.1) is 0 Å². The summed E-state index contributed by atoms with van der Waals surface area (Å²) in [5.41, 5.74) is 0. The van der Waals surface area contributed by atoms with Crippen LogP contribution in [-0.4, -0.2) is 52.5 Å². The first kappa shape index (κ1) is 25.9. The largest absolute Gasteiger partial charge is 0.469 e. The highest BCUT2D eigenvalue weighted by Crippen LogP contribution is 2.30. The fraction of sp³-hybridized carbons (Fsp3) is 0.812. The molecule has 0 aromatic rings. The standard InChI is InChI=1S/C16H37FO5Si4/c1-11-16(18)19-15(14-17)12-13-26(20-23(2,3)4,21-24(5,6)7)22-25(8,9)10/h11,15H,1,12-14H2,2-10H3. The van der Waals surface area contributed by atoms with Gasteiger partial charge in [-0.05, 0) is 65.3 Å². The maximum Gasteiger partial charge on any atom is 0.469 e. The first-order chi connectivity index (χ1) is 11.5. The Morgan fingerprint density at radius 3 is 1.58 bits per heavy atom. The number of rotatable bonds is 12. The van der Waals surface area contributed by atoms with Crippen molar-refractivity contribution in [3.8, 4) is 0 Å². The van der Waals surface area contributed by atoms with Gasteiger partial charge in [-0.3, -0.25) is 0 Å². The summed E-state index contributed by atoms with van der Waals surface area (Å²) in [4.78, 5) is 11.4. The summed E-state index contributed by atoms with van der Waals surface area (Å²) in [5.74, 6) is -0.622. The van der Waals surface area contributed by atoms with Gasteiger partial charge in [-0.15, -0.1) is 0 Å². The van der Waals surface area contributed by atoms with Crippen LogP contribution in [0.3, 0.4) is 0 Å². The lowest BCUT2D eigenvalue weighted by Crippen LogP contribution is -2.60. The van der Waals surface area contributed by atoms with E-state index in [9.17, 15) is 9.18 Å². The van der Waals surface area contributed by atoms with Crippen molar-refractivity contribution in [3.63, 3.8) is 0 Å². The van der Waals surface area contributed by atoms with Gasteiger partial charge in [0, 0.05) is 12.1 Å². The van der Waals surface area contributed by atoms with Crippen molar-refractivity contribution in [1.29, 1.82) is 0 Å². The zero-order chi connectivity index (χ0) is 20.8. The van der Waals surface area contributed by atoms with Crippen LogP contribution in [0.4, 0.5) is 4.39 Å². The number of hydrogen-bond acceptors (Lipinski definition) is 5.